The summed E-state index contributed by atoms with van der Waals surface area (Å²) in [4.78, 5) is 21.6. The van der Waals surface area contributed by atoms with E-state index in [1.165, 1.54) is 21.3 Å². The maximum absolute atomic E-state index is 11.0. The Labute approximate surface area is 106 Å². The van der Waals surface area contributed by atoms with Crippen molar-refractivity contribution in [3.05, 3.63) is 17.7 Å². The van der Waals surface area contributed by atoms with Crippen LogP contribution in [0.4, 0.5) is 0 Å². The van der Waals surface area contributed by atoms with Crippen LogP contribution in [-0.2, 0) is 9.59 Å². The second-order valence-electron chi connectivity index (χ2n) is 3.59. The lowest BCUT2D eigenvalue weighted by atomic mass is 9.96. The first-order chi connectivity index (χ1) is 8.71. The normalized spacial score (nSPS) is 11.5. The minimum Gasteiger partial charge on any atom is -0.496 e. The molecule has 1 atom stereocenters. The van der Waals surface area contributed by atoms with Gasteiger partial charge in [0.05, 0.1) is 27.2 Å². The van der Waals surface area contributed by atoms with Gasteiger partial charge in [0.2, 0.25) is 0 Å². The Kier molecular flexibility index (Phi) is 5.17. The number of rotatable bonds is 7. The molecule has 0 saturated carbocycles. The molecule has 0 radical (unpaired) electrons. The molecule has 1 aromatic rings. The second-order valence-corrected chi connectivity index (χ2v) is 3.59. The third-order valence-electron chi connectivity index (χ3n) is 2.65. The fourth-order valence-corrected chi connectivity index (χ4v) is 1.70. The van der Waals surface area contributed by atoms with Gasteiger partial charge in [-0.3, -0.25) is 0 Å². The SMILES string of the molecule is COc1cc(OC)c(C(C=O)CC=O)cc1OC. The first kappa shape index (κ1) is 14.0. The zero-order valence-corrected chi connectivity index (χ0v) is 10.6. The van der Waals surface area contributed by atoms with Gasteiger partial charge in [0.25, 0.3) is 0 Å². The number of hydrogen-bond acceptors (Lipinski definition) is 5. The van der Waals surface area contributed by atoms with E-state index in [0.717, 1.165) is 6.29 Å². The summed E-state index contributed by atoms with van der Waals surface area (Å²) in [5, 5.41) is 0. The summed E-state index contributed by atoms with van der Waals surface area (Å²) in [6, 6.07) is 3.29. The predicted octanol–water partition coefficient (Wildman–Crippen LogP) is 1.58. The monoisotopic (exact) mass is 252 g/mol. The van der Waals surface area contributed by atoms with Gasteiger partial charge in [-0.25, -0.2) is 0 Å². The maximum Gasteiger partial charge on any atom is 0.164 e. The van der Waals surface area contributed by atoms with Crippen LogP contribution in [0.5, 0.6) is 17.2 Å². The smallest absolute Gasteiger partial charge is 0.164 e. The van der Waals surface area contributed by atoms with E-state index in [0.29, 0.717) is 29.1 Å². The van der Waals surface area contributed by atoms with Crippen LogP contribution in [-0.4, -0.2) is 33.9 Å². The molecule has 0 aliphatic heterocycles. The fraction of sp³-hybridized carbons (Fsp3) is 0.385. The van der Waals surface area contributed by atoms with E-state index in [9.17, 15) is 9.59 Å². The molecule has 0 N–H and O–H groups in total. The third-order valence-corrected chi connectivity index (χ3v) is 2.65. The molecule has 1 rings (SSSR count). The van der Waals surface area contributed by atoms with Gasteiger partial charge < -0.3 is 23.8 Å². The summed E-state index contributed by atoms with van der Waals surface area (Å²) in [6.45, 7) is 0. The molecule has 5 nitrogen and oxygen atoms in total. The van der Waals surface area contributed by atoms with Crippen molar-refractivity contribution in [2.75, 3.05) is 21.3 Å². The first-order valence-electron chi connectivity index (χ1n) is 5.40. The van der Waals surface area contributed by atoms with E-state index in [1.807, 2.05) is 0 Å². The Bertz CT molecular complexity index is 428. The van der Waals surface area contributed by atoms with Crippen molar-refractivity contribution >= 4 is 12.6 Å². The molecule has 0 heterocycles. The lowest BCUT2D eigenvalue weighted by molar-refractivity contribution is -0.113. The number of ether oxygens (including phenoxy) is 3. The number of carbonyl (C=O) groups is 2. The van der Waals surface area contributed by atoms with Crippen LogP contribution in [0.25, 0.3) is 0 Å². The summed E-state index contributed by atoms with van der Waals surface area (Å²) in [5.74, 6) is 0.948. The number of methoxy groups -OCH3 is 3. The predicted molar refractivity (Wildman–Crippen MR) is 65.6 cm³/mol. The highest BCUT2D eigenvalue weighted by Crippen LogP contribution is 2.38. The minimum absolute atomic E-state index is 0.106. The summed E-state index contributed by atoms with van der Waals surface area (Å²) >= 11 is 0. The van der Waals surface area contributed by atoms with E-state index >= 15 is 0 Å². The zero-order valence-electron chi connectivity index (χ0n) is 10.6. The van der Waals surface area contributed by atoms with Crippen LogP contribution in [0, 0.1) is 0 Å². The van der Waals surface area contributed by atoms with Gasteiger partial charge in [-0.1, -0.05) is 0 Å². The lowest BCUT2D eigenvalue weighted by Crippen LogP contribution is -2.05. The summed E-state index contributed by atoms with van der Waals surface area (Å²) in [6.07, 6.45) is 1.53. The zero-order chi connectivity index (χ0) is 13.5. The highest BCUT2D eigenvalue weighted by molar-refractivity contribution is 5.71. The van der Waals surface area contributed by atoms with E-state index in [2.05, 4.69) is 0 Å². The summed E-state index contributed by atoms with van der Waals surface area (Å²) in [5.41, 5.74) is 0.609. The Morgan fingerprint density at radius 2 is 1.56 bits per heavy atom. The largest absolute Gasteiger partial charge is 0.496 e. The molecule has 0 spiro atoms. The van der Waals surface area contributed by atoms with Crippen LogP contribution in [0.2, 0.25) is 0 Å². The van der Waals surface area contributed by atoms with Crippen molar-refractivity contribution < 1.29 is 23.8 Å². The van der Waals surface area contributed by atoms with E-state index in [1.54, 1.807) is 12.1 Å². The molecular formula is C13H16O5. The van der Waals surface area contributed by atoms with Gasteiger partial charge in [-0.2, -0.15) is 0 Å². The van der Waals surface area contributed by atoms with Gasteiger partial charge in [0.1, 0.15) is 18.3 Å². The quantitative estimate of drug-likeness (QED) is 0.689. The molecule has 0 bridgehead atoms. The molecular weight excluding hydrogens is 236 g/mol. The van der Waals surface area contributed by atoms with Crippen molar-refractivity contribution in [3.8, 4) is 17.2 Å². The molecule has 0 aromatic heterocycles. The molecule has 0 saturated heterocycles. The molecule has 98 valence electrons. The molecule has 0 aliphatic rings. The second kappa shape index (κ2) is 6.64. The van der Waals surface area contributed by atoms with Gasteiger partial charge in [0.15, 0.2) is 11.5 Å². The number of aldehydes is 2. The van der Waals surface area contributed by atoms with Gasteiger partial charge in [0, 0.05) is 18.1 Å². The molecule has 0 fully saturated rings. The van der Waals surface area contributed by atoms with Gasteiger partial charge >= 0.3 is 0 Å². The topological polar surface area (TPSA) is 61.8 Å². The van der Waals surface area contributed by atoms with Crippen LogP contribution in [0.3, 0.4) is 0 Å². The van der Waals surface area contributed by atoms with Crippen LogP contribution < -0.4 is 14.2 Å². The number of hydrogen-bond donors (Lipinski definition) is 0. The lowest BCUT2D eigenvalue weighted by Gasteiger charge is -2.16. The van der Waals surface area contributed by atoms with Crippen LogP contribution >= 0.6 is 0 Å². The number of carbonyl (C=O) groups excluding carboxylic acids is 2. The van der Waals surface area contributed by atoms with Crippen LogP contribution in [0.15, 0.2) is 12.1 Å². The Morgan fingerprint density at radius 3 is 2.00 bits per heavy atom. The number of benzene rings is 1. The van der Waals surface area contributed by atoms with Crippen molar-refractivity contribution in [3.63, 3.8) is 0 Å². The molecule has 5 heteroatoms. The molecule has 1 unspecified atom stereocenters. The summed E-state index contributed by atoms with van der Waals surface area (Å²) < 4.78 is 15.5. The van der Waals surface area contributed by atoms with Crippen LogP contribution in [0.1, 0.15) is 17.9 Å². The minimum atomic E-state index is -0.544. The van der Waals surface area contributed by atoms with E-state index < -0.39 is 5.92 Å². The standard InChI is InChI=1S/C13H16O5/c1-16-11-7-13(18-3)12(17-2)6-10(11)9(8-15)4-5-14/h5-9H,4H2,1-3H3. The molecule has 0 aliphatic carbocycles. The average Bonchev–Trinajstić information content (AvgIpc) is 2.43. The van der Waals surface area contributed by atoms with Gasteiger partial charge in [-0.05, 0) is 6.07 Å². The van der Waals surface area contributed by atoms with Gasteiger partial charge in [-0.15, -0.1) is 0 Å². The Balaban J connectivity index is 3.31. The summed E-state index contributed by atoms with van der Waals surface area (Å²) in [7, 11) is 4.51. The molecule has 0 amide bonds. The first-order valence-corrected chi connectivity index (χ1v) is 5.40. The highest BCUT2D eigenvalue weighted by atomic mass is 16.5. The average molecular weight is 252 g/mol. The highest BCUT2D eigenvalue weighted by Gasteiger charge is 2.19. The molecule has 18 heavy (non-hydrogen) atoms. The maximum atomic E-state index is 11.0. The van der Waals surface area contributed by atoms with Crippen molar-refractivity contribution in [1.82, 2.24) is 0 Å². The Hall–Kier alpha value is -2.04. The van der Waals surface area contributed by atoms with E-state index in [-0.39, 0.29) is 6.42 Å². The Morgan fingerprint density at radius 1 is 1.00 bits per heavy atom. The van der Waals surface area contributed by atoms with Crippen molar-refractivity contribution in [1.29, 1.82) is 0 Å². The van der Waals surface area contributed by atoms with Crippen molar-refractivity contribution in [2.24, 2.45) is 0 Å². The molecule has 1 aromatic carbocycles. The third kappa shape index (κ3) is 2.80. The fourth-order valence-electron chi connectivity index (χ4n) is 1.70. The van der Waals surface area contributed by atoms with Crippen molar-refractivity contribution in [2.45, 2.75) is 12.3 Å². The van der Waals surface area contributed by atoms with E-state index in [4.69, 9.17) is 14.2 Å².